The lowest BCUT2D eigenvalue weighted by Crippen LogP contribution is -2.22. The molecule has 0 saturated carbocycles. The predicted molar refractivity (Wildman–Crippen MR) is 84.1 cm³/mol. The van der Waals surface area contributed by atoms with Crippen LogP contribution in [0.1, 0.15) is 28.3 Å². The van der Waals surface area contributed by atoms with E-state index in [1.165, 1.54) is 6.07 Å². The highest BCUT2D eigenvalue weighted by Crippen LogP contribution is 2.25. The van der Waals surface area contributed by atoms with Crippen molar-refractivity contribution >= 4 is 5.97 Å². The summed E-state index contributed by atoms with van der Waals surface area (Å²) in [5, 5.41) is 20.2. The number of carbonyl (C=O) groups is 1. The zero-order valence-electron chi connectivity index (χ0n) is 12.9. The van der Waals surface area contributed by atoms with Gasteiger partial charge < -0.3 is 9.84 Å². The number of benzene rings is 2. The summed E-state index contributed by atoms with van der Waals surface area (Å²) in [6, 6.07) is 10.3. The van der Waals surface area contributed by atoms with E-state index in [1.807, 2.05) is 32.0 Å². The summed E-state index contributed by atoms with van der Waals surface area (Å²) < 4.78 is 5.74. The van der Waals surface area contributed by atoms with Gasteiger partial charge >= 0.3 is 12.0 Å². The minimum Gasteiger partial charge on any atom is -0.489 e. The third kappa shape index (κ3) is 3.85. The maximum absolute atomic E-state index is 11.2. The molecule has 0 radical (unpaired) electrons. The Hall–Kier alpha value is -2.89. The third-order valence-corrected chi connectivity index (χ3v) is 3.52. The zero-order valence-corrected chi connectivity index (χ0v) is 12.9. The van der Waals surface area contributed by atoms with Crippen LogP contribution in [0.4, 0.5) is 0 Å². The minimum atomic E-state index is -1.80. The first-order valence-corrected chi connectivity index (χ1v) is 7.04. The van der Waals surface area contributed by atoms with Gasteiger partial charge in [0.05, 0.1) is 0 Å². The predicted octanol–water partition coefficient (Wildman–Crippen LogP) is 3.28. The largest absolute Gasteiger partial charge is 0.489 e. The molecule has 0 fully saturated rings. The Labute approximate surface area is 133 Å². The molecule has 0 heterocycles. The van der Waals surface area contributed by atoms with Crippen molar-refractivity contribution in [3.63, 3.8) is 0 Å². The van der Waals surface area contributed by atoms with Crippen LogP contribution >= 0.6 is 0 Å². The molecule has 0 saturated heterocycles. The molecule has 1 unspecified atom stereocenters. The van der Waals surface area contributed by atoms with Crippen LogP contribution in [0.3, 0.4) is 0 Å². The second-order valence-electron chi connectivity index (χ2n) is 5.28. The Morgan fingerprint density at radius 3 is 2.61 bits per heavy atom. The molecule has 6 nitrogen and oxygen atoms in total. The molecular weight excluding hydrogens is 298 g/mol. The van der Waals surface area contributed by atoms with Crippen LogP contribution < -0.4 is 4.74 Å². The SMILES string of the molecule is Cc1ccc(C)c(OCc2ccccc2C(C(=O)O)[N+](=O)[O-])c1. The zero-order chi connectivity index (χ0) is 17.0. The molecule has 0 aliphatic rings. The van der Waals surface area contributed by atoms with Crippen LogP contribution in [0, 0.1) is 24.0 Å². The summed E-state index contributed by atoms with van der Waals surface area (Å²) in [6.45, 7) is 3.91. The molecule has 2 aromatic rings. The number of carboxylic acid groups (broad SMARTS) is 1. The average Bonchev–Trinajstić information content (AvgIpc) is 2.49. The Balaban J connectivity index is 2.29. The topological polar surface area (TPSA) is 89.7 Å². The van der Waals surface area contributed by atoms with Crippen LogP contribution in [-0.4, -0.2) is 16.0 Å². The molecule has 6 heteroatoms. The molecule has 0 aliphatic carbocycles. The molecule has 0 spiro atoms. The summed E-state index contributed by atoms with van der Waals surface area (Å²) in [5.41, 5.74) is 2.59. The van der Waals surface area contributed by atoms with E-state index in [1.54, 1.807) is 18.2 Å². The Bertz CT molecular complexity index is 728. The van der Waals surface area contributed by atoms with Gasteiger partial charge in [-0.15, -0.1) is 0 Å². The molecule has 120 valence electrons. The number of aryl methyl sites for hydroxylation is 2. The fourth-order valence-electron chi connectivity index (χ4n) is 2.29. The van der Waals surface area contributed by atoms with Gasteiger partial charge in [-0.1, -0.05) is 36.4 Å². The normalized spacial score (nSPS) is 11.7. The number of aliphatic carboxylic acids is 1. The van der Waals surface area contributed by atoms with E-state index in [2.05, 4.69) is 0 Å². The van der Waals surface area contributed by atoms with Crippen LogP contribution in [0.5, 0.6) is 5.75 Å². The van der Waals surface area contributed by atoms with Gasteiger partial charge in [0.15, 0.2) is 0 Å². The van der Waals surface area contributed by atoms with Gasteiger partial charge in [0.25, 0.3) is 0 Å². The van der Waals surface area contributed by atoms with Crippen molar-refractivity contribution in [1.82, 2.24) is 0 Å². The van der Waals surface area contributed by atoms with Gasteiger partial charge in [0.1, 0.15) is 12.4 Å². The van der Waals surface area contributed by atoms with Gasteiger partial charge in [0.2, 0.25) is 0 Å². The highest BCUT2D eigenvalue weighted by molar-refractivity contribution is 5.74. The molecule has 2 aromatic carbocycles. The molecule has 0 bridgehead atoms. The van der Waals surface area contributed by atoms with Gasteiger partial charge in [-0.2, -0.15) is 0 Å². The summed E-state index contributed by atoms with van der Waals surface area (Å²) in [5.74, 6) is -0.818. The second kappa shape index (κ2) is 6.91. The van der Waals surface area contributed by atoms with E-state index < -0.39 is 16.9 Å². The quantitative estimate of drug-likeness (QED) is 0.652. The van der Waals surface area contributed by atoms with Crippen molar-refractivity contribution < 1.29 is 19.6 Å². The first-order chi connectivity index (χ1) is 10.9. The maximum Gasteiger partial charge on any atom is 0.384 e. The van der Waals surface area contributed by atoms with Crippen LogP contribution in [-0.2, 0) is 11.4 Å². The van der Waals surface area contributed by atoms with E-state index in [9.17, 15) is 14.9 Å². The first kappa shape index (κ1) is 16.5. The lowest BCUT2D eigenvalue weighted by Gasteiger charge is -2.14. The van der Waals surface area contributed by atoms with Gasteiger partial charge in [-0.3, -0.25) is 10.1 Å². The smallest absolute Gasteiger partial charge is 0.384 e. The summed E-state index contributed by atoms with van der Waals surface area (Å²) in [7, 11) is 0. The fraction of sp³-hybridized carbons (Fsp3) is 0.235. The number of nitrogens with zero attached hydrogens (tertiary/aromatic N) is 1. The summed E-state index contributed by atoms with van der Waals surface area (Å²) in [4.78, 5) is 21.4. The number of hydrogen-bond acceptors (Lipinski definition) is 4. The lowest BCUT2D eigenvalue weighted by molar-refractivity contribution is -0.516. The van der Waals surface area contributed by atoms with Crippen molar-refractivity contribution in [2.75, 3.05) is 0 Å². The van der Waals surface area contributed by atoms with Crippen molar-refractivity contribution in [3.8, 4) is 5.75 Å². The third-order valence-electron chi connectivity index (χ3n) is 3.52. The number of carboxylic acids is 1. The van der Waals surface area contributed by atoms with Crippen LogP contribution in [0.2, 0.25) is 0 Å². The molecule has 0 amide bonds. The highest BCUT2D eigenvalue weighted by Gasteiger charge is 2.33. The number of ether oxygens (including phenoxy) is 1. The average molecular weight is 315 g/mol. The van der Waals surface area contributed by atoms with Crippen LogP contribution in [0.25, 0.3) is 0 Å². The summed E-state index contributed by atoms with van der Waals surface area (Å²) in [6.07, 6.45) is 0. The van der Waals surface area contributed by atoms with E-state index >= 15 is 0 Å². The molecule has 0 aliphatic heterocycles. The van der Waals surface area contributed by atoms with E-state index in [0.717, 1.165) is 11.1 Å². The standard InChI is InChI=1S/C17H17NO5/c1-11-7-8-12(2)15(9-11)23-10-13-5-3-4-6-14(13)16(17(19)20)18(21)22/h3-9,16H,10H2,1-2H3,(H,19,20). The lowest BCUT2D eigenvalue weighted by atomic mass is 10.0. The first-order valence-electron chi connectivity index (χ1n) is 7.04. The molecule has 1 N–H and O–H groups in total. The van der Waals surface area contributed by atoms with E-state index in [0.29, 0.717) is 11.3 Å². The van der Waals surface area contributed by atoms with Crippen molar-refractivity contribution in [3.05, 3.63) is 74.8 Å². The van der Waals surface area contributed by atoms with Crippen molar-refractivity contribution in [2.24, 2.45) is 0 Å². The monoisotopic (exact) mass is 315 g/mol. The highest BCUT2D eigenvalue weighted by atomic mass is 16.6. The van der Waals surface area contributed by atoms with Crippen molar-refractivity contribution in [1.29, 1.82) is 0 Å². The van der Waals surface area contributed by atoms with Crippen molar-refractivity contribution in [2.45, 2.75) is 26.5 Å². The Kier molecular flexibility index (Phi) is 4.95. The maximum atomic E-state index is 11.2. The molecule has 1 atom stereocenters. The van der Waals surface area contributed by atoms with Gasteiger partial charge in [-0.05, 0) is 36.6 Å². The number of hydrogen-bond donors (Lipinski definition) is 1. The summed E-state index contributed by atoms with van der Waals surface area (Å²) >= 11 is 0. The number of nitro groups is 1. The van der Waals surface area contributed by atoms with Gasteiger partial charge in [0, 0.05) is 10.5 Å². The molecule has 2 rings (SSSR count). The van der Waals surface area contributed by atoms with Crippen LogP contribution in [0.15, 0.2) is 42.5 Å². The van der Waals surface area contributed by atoms with E-state index in [4.69, 9.17) is 9.84 Å². The number of rotatable bonds is 6. The fourth-order valence-corrected chi connectivity index (χ4v) is 2.29. The Morgan fingerprint density at radius 1 is 1.26 bits per heavy atom. The molecular formula is C17H17NO5. The molecule has 23 heavy (non-hydrogen) atoms. The van der Waals surface area contributed by atoms with E-state index in [-0.39, 0.29) is 12.2 Å². The minimum absolute atomic E-state index is 0.0675. The van der Waals surface area contributed by atoms with Gasteiger partial charge in [-0.25, -0.2) is 4.79 Å². The Morgan fingerprint density at radius 2 is 1.96 bits per heavy atom. The second-order valence-corrected chi connectivity index (χ2v) is 5.28. The molecule has 0 aromatic heterocycles.